The first-order valence-electron chi connectivity index (χ1n) is 4.37. The summed E-state index contributed by atoms with van der Waals surface area (Å²) in [7, 11) is 1.73. The molecule has 0 atom stereocenters. The molecule has 0 aromatic carbocycles. The summed E-state index contributed by atoms with van der Waals surface area (Å²) >= 11 is 0. The van der Waals surface area contributed by atoms with Crippen LogP contribution in [0.15, 0.2) is 11.6 Å². The molecule has 1 aliphatic heterocycles. The summed E-state index contributed by atoms with van der Waals surface area (Å²) in [6.45, 7) is 10.8. The Morgan fingerprint density at radius 2 is 1.75 bits per heavy atom. The monoisotopic (exact) mass is 169 g/mol. The van der Waals surface area contributed by atoms with Gasteiger partial charge in [0.05, 0.1) is 18.2 Å². The van der Waals surface area contributed by atoms with Crippen LogP contribution in [0.1, 0.15) is 34.6 Å². The molecule has 1 rings (SSSR count). The van der Waals surface area contributed by atoms with Crippen LogP contribution in [-0.4, -0.2) is 23.3 Å². The van der Waals surface area contributed by atoms with Crippen molar-refractivity contribution < 1.29 is 4.84 Å². The van der Waals surface area contributed by atoms with Gasteiger partial charge in [0.25, 0.3) is 0 Å². The van der Waals surface area contributed by atoms with Crippen LogP contribution in [0.2, 0.25) is 0 Å². The fourth-order valence-electron chi connectivity index (χ4n) is 2.11. The fraction of sp³-hybridized carbons (Fsp3) is 0.800. The van der Waals surface area contributed by atoms with Gasteiger partial charge in [-0.05, 0) is 34.6 Å². The zero-order chi connectivity index (χ0) is 9.57. The SMILES string of the molecule is CON1C(C)(C)C=C(C)C1(C)C. The van der Waals surface area contributed by atoms with Crippen LogP contribution in [0.5, 0.6) is 0 Å². The average molecular weight is 169 g/mol. The van der Waals surface area contributed by atoms with Crippen LogP contribution < -0.4 is 0 Å². The highest BCUT2D eigenvalue weighted by atomic mass is 16.7. The molecule has 0 spiro atoms. The lowest BCUT2D eigenvalue weighted by molar-refractivity contribution is -0.213. The van der Waals surface area contributed by atoms with Gasteiger partial charge in [0.1, 0.15) is 0 Å². The van der Waals surface area contributed by atoms with E-state index in [0.29, 0.717) is 0 Å². The molecule has 0 radical (unpaired) electrons. The Bertz CT molecular complexity index is 216. The first kappa shape index (κ1) is 9.75. The Labute approximate surface area is 75.2 Å². The van der Waals surface area contributed by atoms with Crippen molar-refractivity contribution >= 4 is 0 Å². The Hall–Kier alpha value is -0.340. The van der Waals surface area contributed by atoms with Crippen molar-refractivity contribution in [3.63, 3.8) is 0 Å². The summed E-state index contributed by atoms with van der Waals surface area (Å²) < 4.78 is 0. The maximum Gasteiger partial charge on any atom is 0.0622 e. The number of hydroxylamine groups is 2. The summed E-state index contributed by atoms with van der Waals surface area (Å²) in [5.74, 6) is 0. The molecule has 0 amide bonds. The molecule has 12 heavy (non-hydrogen) atoms. The Morgan fingerprint density at radius 3 is 1.92 bits per heavy atom. The third kappa shape index (κ3) is 1.19. The van der Waals surface area contributed by atoms with Gasteiger partial charge in [0.2, 0.25) is 0 Å². The maximum absolute atomic E-state index is 5.39. The second-order valence-electron chi connectivity index (χ2n) is 4.52. The Balaban J connectivity index is 3.03. The molecule has 2 heteroatoms. The predicted molar refractivity (Wildman–Crippen MR) is 50.8 cm³/mol. The van der Waals surface area contributed by atoms with Gasteiger partial charge in [-0.15, -0.1) is 0 Å². The molecule has 0 aromatic heterocycles. The predicted octanol–water partition coefficient (Wildman–Crippen LogP) is 2.37. The molecule has 0 aliphatic carbocycles. The molecule has 1 aliphatic rings. The topological polar surface area (TPSA) is 12.5 Å². The van der Waals surface area contributed by atoms with E-state index < -0.39 is 0 Å². The van der Waals surface area contributed by atoms with E-state index in [1.807, 2.05) is 5.06 Å². The largest absolute Gasteiger partial charge is 0.301 e. The molecular formula is C10H19NO. The first-order valence-corrected chi connectivity index (χ1v) is 4.37. The van der Waals surface area contributed by atoms with E-state index in [0.717, 1.165) is 0 Å². The lowest BCUT2D eigenvalue weighted by Gasteiger charge is -2.39. The maximum atomic E-state index is 5.39. The standard InChI is InChI=1S/C10H19NO/c1-8-7-9(2,3)11(12-6)10(8,4)5/h7H,1-6H3. The van der Waals surface area contributed by atoms with Crippen molar-refractivity contribution in [2.75, 3.05) is 7.11 Å². The van der Waals surface area contributed by atoms with E-state index in [9.17, 15) is 0 Å². The zero-order valence-electron chi connectivity index (χ0n) is 8.93. The van der Waals surface area contributed by atoms with Gasteiger partial charge in [-0.2, -0.15) is 5.06 Å². The number of hydrogen-bond acceptors (Lipinski definition) is 2. The third-order valence-corrected chi connectivity index (χ3v) is 2.75. The normalized spacial score (nSPS) is 27.3. The summed E-state index contributed by atoms with van der Waals surface area (Å²) in [6.07, 6.45) is 2.26. The molecule has 1 heterocycles. The van der Waals surface area contributed by atoms with Crippen LogP contribution in [0.3, 0.4) is 0 Å². The molecule has 0 aromatic rings. The van der Waals surface area contributed by atoms with E-state index in [4.69, 9.17) is 4.84 Å². The highest BCUT2D eigenvalue weighted by Gasteiger charge is 2.44. The highest BCUT2D eigenvalue weighted by Crippen LogP contribution is 2.39. The van der Waals surface area contributed by atoms with Crippen molar-refractivity contribution in [3.8, 4) is 0 Å². The van der Waals surface area contributed by atoms with E-state index in [1.165, 1.54) is 5.57 Å². The average Bonchev–Trinajstić information content (AvgIpc) is 1.99. The summed E-state index contributed by atoms with van der Waals surface area (Å²) in [5.41, 5.74) is 1.41. The van der Waals surface area contributed by atoms with Crippen LogP contribution >= 0.6 is 0 Å². The van der Waals surface area contributed by atoms with Gasteiger partial charge in [-0.25, -0.2) is 0 Å². The molecule has 0 fully saturated rings. The lowest BCUT2D eigenvalue weighted by Crippen LogP contribution is -2.49. The smallest absolute Gasteiger partial charge is 0.0622 e. The van der Waals surface area contributed by atoms with Gasteiger partial charge in [-0.3, -0.25) is 0 Å². The summed E-state index contributed by atoms with van der Waals surface area (Å²) in [6, 6.07) is 0. The van der Waals surface area contributed by atoms with Crippen molar-refractivity contribution in [2.24, 2.45) is 0 Å². The Kier molecular flexibility index (Phi) is 2.09. The van der Waals surface area contributed by atoms with Crippen LogP contribution in [0.25, 0.3) is 0 Å². The van der Waals surface area contributed by atoms with Crippen LogP contribution in [0.4, 0.5) is 0 Å². The van der Waals surface area contributed by atoms with Crippen molar-refractivity contribution in [1.29, 1.82) is 0 Å². The van der Waals surface area contributed by atoms with Crippen molar-refractivity contribution in [1.82, 2.24) is 5.06 Å². The molecule has 0 bridgehead atoms. The molecule has 2 nitrogen and oxygen atoms in total. The van der Waals surface area contributed by atoms with Crippen LogP contribution in [0, 0.1) is 0 Å². The second-order valence-corrected chi connectivity index (χ2v) is 4.52. The number of nitrogens with zero attached hydrogens (tertiary/aromatic N) is 1. The minimum Gasteiger partial charge on any atom is -0.301 e. The summed E-state index contributed by atoms with van der Waals surface area (Å²) in [5, 5.41) is 2.04. The number of hydrogen-bond donors (Lipinski definition) is 0. The van der Waals surface area contributed by atoms with E-state index in [2.05, 4.69) is 40.7 Å². The number of rotatable bonds is 1. The molecule has 0 N–H and O–H groups in total. The highest BCUT2D eigenvalue weighted by molar-refractivity contribution is 5.27. The van der Waals surface area contributed by atoms with Crippen LogP contribution in [-0.2, 0) is 4.84 Å². The first-order chi connectivity index (χ1) is 5.32. The lowest BCUT2D eigenvalue weighted by atomic mass is 9.99. The second kappa shape index (κ2) is 2.57. The fourth-order valence-corrected chi connectivity index (χ4v) is 2.11. The van der Waals surface area contributed by atoms with Gasteiger partial charge < -0.3 is 4.84 Å². The zero-order valence-corrected chi connectivity index (χ0v) is 8.93. The quantitative estimate of drug-likeness (QED) is 0.559. The molecule has 0 saturated carbocycles. The minimum atomic E-state index is 0.0162. The van der Waals surface area contributed by atoms with Gasteiger partial charge in [0.15, 0.2) is 0 Å². The summed E-state index contributed by atoms with van der Waals surface area (Å²) in [4.78, 5) is 5.39. The molecular weight excluding hydrogens is 150 g/mol. The van der Waals surface area contributed by atoms with Gasteiger partial charge in [-0.1, -0.05) is 11.6 Å². The van der Waals surface area contributed by atoms with Gasteiger partial charge >= 0.3 is 0 Å². The minimum absolute atomic E-state index is 0.0162. The van der Waals surface area contributed by atoms with E-state index in [1.54, 1.807) is 7.11 Å². The third-order valence-electron chi connectivity index (χ3n) is 2.75. The molecule has 0 unspecified atom stereocenters. The van der Waals surface area contributed by atoms with Crippen molar-refractivity contribution in [3.05, 3.63) is 11.6 Å². The molecule has 70 valence electrons. The van der Waals surface area contributed by atoms with Gasteiger partial charge in [0, 0.05) is 0 Å². The molecule has 0 saturated heterocycles. The van der Waals surface area contributed by atoms with E-state index >= 15 is 0 Å². The van der Waals surface area contributed by atoms with Crippen molar-refractivity contribution in [2.45, 2.75) is 45.7 Å². The Morgan fingerprint density at radius 1 is 1.25 bits per heavy atom. The van der Waals surface area contributed by atoms with E-state index in [-0.39, 0.29) is 11.1 Å².